The van der Waals surface area contributed by atoms with E-state index < -0.39 is 0 Å². The third kappa shape index (κ3) is 1.74. The fraction of sp³-hybridized carbons (Fsp3) is 0.444. The largest absolute Gasteiger partial charge is 0.271 e. The van der Waals surface area contributed by atoms with Gasteiger partial charge >= 0.3 is 0 Å². The van der Waals surface area contributed by atoms with E-state index in [2.05, 4.69) is 13.2 Å². The summed E-state index contributed by atoms with van der Waals surface area (Å²) >= 11 is 0. The molecule has 1 amide bonds. The maximum Gasteiger partial charge on any atom is 0.260 e. The Balaban J connectivity index is 2.56. The molecule has 0 N–H and O–H groups in total. The molecule has 1 saturated heterocycles. The van der Waals surface area contributed by atoms with Crippen molar-refractivity contribution in [3.63, 3.8) is 0 Å². The summed E-state index contributed by atoms with van der Waals surface area (Å²) in [5.41, 5.74) is 0. The second-order valence-corrected chi connectivity index (χ2v) is 2.72. The fourth-order valence-corrected chi connectivity index (χ4v) is 1.36. The summed E-state index contributed by atoms with van der Waals surface area (Å²) in [6.45, 7) is 9.57. The molecule has 0 spiro atoms. The predicted molar refractivity (Wildman–Crippen MR) is 48.3 cm³/mol. The molecule has 1 heterocycles. The lowest BCUT2D eigenvalue weighted by molar-refractivity contribution is -0.137. The first-order chi connectivity index (χ1) is 5.79. The van der Waals surface area contributed by atoms with Crippen molar-refractivity contribution in [1.29, 1.82) is 0 Å². The molecule has 0 bridgehead atoms. The third-order valence-corrected chi connectivity index (χ3v) is 1.90. The molecule has 1 fully saturated rings. The highest BCUT2D eigenvalue weighted by Crippen LogP contribution is 2.10. The molecule has 3 nitrogen and oxygen atoms in total. The second kappa shape index (κ2) is 4.07. The number of hydrogen-bond acceptors (Lipinski definition) is 2. The second-order valence-electron chi connectivity index (χ2n) is 2.72. The van der Waals surface area contributed by atoms with E-state index in [1.165, 1.54) is 6.08 Å². The van der Waals surface area contributed by atoms with Crippen LogP contribution in [0.5, 0.6) is 0 Å². The Kier molecular flexibility index (Phi) is 3.05. The Morgan fingerprint density at radius 2 is 2.17 bits per heavy atom. The Morgan fingerprint density at radius 3 is 2.75 bits per heavy atom. The molecule has 0 atom stereocenters. The van der Waals surface area contributed by atoms with Gasteiger partial charge in [0, 0.05) is 19.6 Å². The van der Waals surface area contributed by atoms with Crippen molar-refractivity contribution >= 4 is 5.91 Å². The quantitative estimate of drug-likeness (QED) is 0.457. The first-order valence-electron chi connectivity index (χ1n) is 4.09. The minimum absolute atomic E-state index is 0.0191. The lowest BCUT2D eigenvalue weighted by Crippen LogP contribution is -2.40. The first kappa shape index (κ1) is 9.00. The Morgan fingerprint density at radius 1 is 1.42 bits per heavy atom. The van der Waals surface area contributed by atoms with Crippen LogP contribution in [-0.2, 0) is 4.79 Å². The molecular formula is C9H14N2O. The molecule has 1 aliphatic rings. The van der Waals surface area contributed by atoms with Gasteiger partial charge in [-0.2, -0.15) is 0 Å². The summed E-state index contributed by atoms with van der Waals surface area (Å²) in [4.78, 5) is 11.2. The van der Waals surface area contributed by atoms with Crippen LogP contribution in [0.2, 0.25) is 0 Å². The average molecular weight is 166 g/mol. The van der Waals surface area contributed by atoms with Crippen LogP contribution in [0.1, 0.15) is 6.42 Å². The highest BCUT2D eigenvalue weighted by atomic mass is 16.2. The molecule has 0 aliphatic carbocycles. The number of carbonyl (C=O) groups excluding carboxylic acids is 1. The lowest BCUT2D eigenvalue weighted by Gasteiger charge is -2.25. The monoisotopic (exact) mass is 166 g/mol. The average Bonchev–Trinajstić information content (AvgIpc) is 2.52. The van der Waals surface area contributed by atoms with Crippen LogP contribution >= 0.6 is 0 Å². The standard InChI is InChI=1S/C9H14N2O/c1-3-6-10-7-5-8-11(10)9(12)4-2/h3-4H,1-2,5-8H2. The molecule has 66 valence electrons. The van der Waals surface area contributed by atoms with Crippen molar-refractivity contribution in [3.05, 3.63) is 25.3 Å². The van der Waals surface area contributed by atoms with E-state index in [4.69, 9.17) is 0 Å². The number of rotatable bonds is 3. The zero-order valence-electron chi connectivity index (χ0n) is 7.20. The van der Waals surface area contributed by atoms with Gasteiger partial charge in [0.25, 0.3) is 5.91 Å². The molecule has 0 radical (unpaired) electrons. The molecule has 1 rings (SSSR count). The van der Waals surface area contributed by atoms with Crippen molar-refractivity contribution < 1.29 is 4.79 Å². The van der Waals surface area contributed by atoms with Gasteiger partial charge in [0.05, 0.1) is 0 Å². The summed E-state index contributed by atoms with van der Waals surface area (Å²) in [7, 11) is 0. The Labute approximate surface area is 72.9 Å². The summed E-state index contributed by atoms with van der Waals surface area (Å²) < 4.78 is 0. The predicted octanol–water partition coefficient (Wildman–Crippen LogP) is 0.808. The van der Waals surface area contributed by atoms with Gasteiger partial charge in [0.2, 0.25) is 0 Å². The third-order valence-electron chi connectivity index (χ3n) is 1.90. The van der Waals surface area contributed by atoms with Crippen LogP contribution in [0, 0.1) is 0 Å². The van der Waals surface area contributed by atoms with Crippen molar-refractivity contribution in [2.75, 3.05) is 19.6 Å². The summed E-state index contributed by atoms with van der Waals surface area (Å²) in [6, 6.07) is 0. The lowest BCUT2D eigenvalue weighted by atomic mass is 10.4. The maximum absolute atomic E-state index is 11.2. The van der Waals surface area contributed by atoms with E-state index in [0.717, 1.165) is 26.1 Å². The van der Waals surface area contributed by atoms with Crippen molar-refractivity contribution in [3.8, 4) is 0 Å². The Hall–Kier alpha value is -1.09. The van der Waals surface area contributed by atoms with Crippen LogP contribution in [0.3, 0.4) is 0 Å². The van der Waals surface area contributed by atoms with Gasteiger partial charge in [-0.05, 0) is 12.5 Å². The zero-order valence-corrected chi connectivity index (χ0v) is 7.20. The highest BCUT2D eigenvalue weighted by molar-refractivity contribution is 5.86. The maximum atomic E-state index is 11.2. The molecule has 0 saturated carbocycles. The minimum Gasteiger partial charge on any atom is -0.271 e. The van der Waals surface area contributed by atoms with Gasteiger partial charge in [-0.15, -0.1) is 6.58 Å². The van der Waals surface area contributed by atoms with Crippen molar-refractivity contribution in [2.24, 2.45) is 0 Å². The molecule has 0 aromatic rings. The van der Waals surface area contributed by atoms with Crippen LogP contribution < -0.4 is 0 Å². The molecule has 0 aromatic carbocycles. The van der Waals surface area contributed by atoms with E-state index in [-0.39, 0.29) is 5.91 Å². The van der Waals surface area contributed by atoms with Gasteiger partial charge in [0.1, 0.15) is 0 Å². The molecule has 12 heavy (non-hydrogen) atoms. The number of amides is 1. The van der Waals surface area contributed by atoms with Gasteiger partial charge in [-0.3, -0.25) is 9.80 Å². The van der Waals surface area contributed by atoms with E-state index in [9.17, 15) is 4.79 Å². The summed E-state index contributed by atoms with van der Waals surface area (Å²) in [6.07, 6.45) is 4.18. The van der Waals surface area contributed by atoms with Gasteiger partial charge in [-0.1, -0.05) is 12.7 Å². The van der Waals surface area contributed by atoms with Crippen LogP contribution in [0.15, 0.2) is 25.3 Å². The highest BCUT2D eigenvalue weighted by Gasteiger charge is 2.23. The van der Waals surface area contributed by atoms with Crippen LogP contribution in [-0.4, -0.2) is 35.6 Å². The van der Waals surface area contributed by atoms with Crippen LogP contribution in [0.25, 0.3) is 0 Å². The Bertz CT molecular complexity index is 201. The first-order valence-corrected chi connectivity index (χ1v) is 4.09. The number of hydrazine groups is 1. The smallest absolute Gasteiger partial charge is 0.260 e. The summed E-state index contributed by atoms with van der Waals surface area (Å²) in [5, 5.41) is 3.70. The fourth-order valence-electron chi connectivity index (χ4n) is 1.36. The minimum atomic E-state index is -0.0191. The van der Waals surface area contributed by atoms with Crippen LogP contribution in [0.4, 0.5) is 0 Å². The van der Waals surface area contributed by atoms with Gasteiger partial charge < -0.3 is 0 Å². The number of hydrogen-bond donors (Lipinski definition) is 0. The van der Waals surface area contributed by atoms with Crippen molar-refractivity contribution in [1.82, 2.24) is 10.0 Å². The molecular weight excluding hydrogens is 152 g/mol. The number of carbonyl (C=O) groups is 1. The molecule has 3 heteroatoms. The van der Waals surface area contributed by atoms with Gasteiger partial charge in [0.15, 0.2) is 0 Å². The SMILES string of the molecule is C=CCN1CCCN1C(=O)C=C. The van der Waals surface area contributed by atoms with Gasteiger partial charge in [-0.25, -0.2) is 5.01 Å². The molecule has 0 aromatic heterocycles. The molecule has 1 aliphatic heterocycles. The zero-order chi connectivity index (χ0) is 8.97. The summed E-state index contributed by atoms with van der Waals surface area (Å²) in [5.74, 6) is -0.0191. The number of nitrogens with zero attached hydrogens (tertiary/aromatic N) is 2. The molecule has 0 unspecified atom stereocenters. The van der Waals surface area contributed by atoms with E-state index >= 15 is 0 Å². The topological polar surface area (TPSA) is 23.6 Å². The van der Waals surface area contributed by atoms with E-state index in [1.54, 1.807) is 11.1 Å². The van der Waals surface area contributed by atoms with Crippen molar-refractivity contribution in [2.45, 2.75) is 6.42 Å². The normalized spacial score (nSPS) is 17.8. The van der Waals surface area contributed by atoms with E-state index in [1.807, 2.05) is 5.01 Å². The van der Waals surface area contributed by atoms with E-state index in [0.29, 0.717) is 0 Å².